The first-order valence-corrected chi connectivity index (χ1v) is 8.01. The van der Waals surface area contributed by atoms with E-state index in [0.717, 1.165) is 5.69 Å². The van der Waals surface area contributed by atoms with Crippen molar-refractivity contribution in [1.82, 2.24) is 0 Å². The molecule has 2 aromatic rings. The third kappa shape index (κ3) is 4.85. The van der Waals surface area contributed by atoms with Crippen molar-refractivity contribution in [3.8, 4) is 0 Å². The van der Waals surface area contributed by atoms with E-state index >= 15 is 0 Å². The molecule has 0 fully saturated rings. The van der Waals surface area contributed by atoms with E-state index in [1.165, 1.54) is 12.1 Å². The third-order valence-corrected chi connectivity index (χ3v) is 4.04. The summed E-state index contributed by atoms with van der Waals surface area (Å²) in [5, 5.41) is 3.53. The molecule has 0 bridgehead atoms. The Balaban J connectivity index is 1.96. The molecule has 0 atom stereocenters. The van der Waals surface area contributed by atoms with Crippen LogP contribution in [0.5, 0.6) is 0 Å². The van der Waals surface area contributed by atoms with E-state index in [1.54, 1.807) is 30.3 Å². The Morgan fingerprint density at radius 3 is 2.30 bits per heavy atom. The van der Waals surface area contributed by atoms with Gasteiger partial charge in [0.1, 0.15) is 5.82 Å². The summed E-state index contributed by atoms with van der Waals surface area (Å²) in [7, 11) is 0. The predicted octanol–water partition coefficient (Wildman–Crippen LogP) is 4.99. The Kier molecular flexibility index (Phi) is 6.25. The van der Waals surface area contributed by atoms with E-state index < -0.39 is 0 Å². The van der Waals surface area contributed by atoms with Crippen molar-refractivity contribution in [1.29, 1.82) is 0 Å². The summed E-state index contributed by atoms with van der Waals surface area (Å²) in [6, 6.07) is 11.2. The van der Waals surface area contributed by atoms with Crippen molar-refractivity contribution in [2.45, 2.75) is 13.3 Å². The van der Waals surface area contributed by atoms with Gasteiger partial charge in [-0.15, -0.1) is 0 Å². The van der Waals surface area contributed by atoms with Crippen molar-refractivity contribution in [2.24, 2.45) is 0 Å². The number of hydrogen-bond acceptors (Lipinski definition) is 2. The van der Waals surface area contributed by atoms with Crippen LogP contribution < -0.4 is 10.2 Å². The van der Waals surface area contributed by atoms with Crippen LogP contribution in [-0.2, 0) is 4.79 Å². The second kappa shape index (κ2) is 8.18. The van der Waals surface area contributed by atoms with Crippen molar-refractivity contribution in [3.05, 3.63) is 58.3 Å². The Labute approximate surface area is 145 Å². The molecule has 0 aromatic heterocycles. The highest BCUT2D eigenvalue weighted by molar-refractivity contribution is 6.39. The standard InChI is InChI=1S/C17H17Cl2FN2O/c1-2-22(13-8-6-12(20)7-9-13)11-10-16(23)21-17-14(18)4-3-5-15(17)19/h3-9H,2,10-11H2,1H3,(H,21,23). The smallest absolute Gasteiger partial charge is 0.226 e. The fraction of sp³-hybridized carbons (Fsp3) is 0.235. The van der Waals surface area contributed by atoms with Crippen molar-refractivity contribution >= 4 is 40.5 Å². The number of halogens is 3. The Bertz CT molecular complexity index is 657. The number of carbonyl (C=O) groups is 1. The van der Waals surface area contributed by atoms with Gasteiger partial charge in [0.05, 0.1) is 15.7 Å². The molecule has 0 aliphatic heterocycles. The van der Waals surface area contributed by atoms with Gasteiger partial charge in [0.25, 0.3) is 0 Å². The predicted molar refractivity (Wildman–Crippen MR) is 94.0 cm³/mol. The Morgan fingerprint density at radius 2 is 1.74 bits per heavy atom. The molecule has 2 rings (SSSR count). The van der Waals surface area contributed by atoms with Crippen molar-refractivity contribution < 1.29 is 9.18 Å². The highest BCUT2D eigenvalue weighted by Gasteiger charge is 2.11. The van der Waals surface area contributed by atoms with Gasteiger partial charge in [-0.1, -0.05) is 29.3 Å². The molecule has 1 amide bonds. The maximum Gasteiger partial charge on any atom is 0.226 e. The number of benzene rings is 2. The maximum atomic E-state index is 13.0. The molecule has 2 aromatic carbocycles. The van der Waals surface area contributed by atoms with Crippen molar-refractivity contribution in [3.63, 3.8) is 0 Å². The lowest BCUT2D eigenvalue weighted by atomic mass is 10.2. The van der Waals surface area contributed by atoms with Crippen LogP contribution in [0, 0.1) is 5.82 Å². The summed E-state index contributed by atoms with van der Waals surface area (Å²) < 4.78 is 13.0. The average Bonchev–Trinajstić information content (AvgIpc) is 2.53. The Hall–Kier alpha value is -1.78. The average molecular weight is 355 g/mol. The fourth-order valence-electron chi connectivity index (χ4n) is 2.18. The number of nitrogens with zero attached hydrogens (tertiary/aromatic N) is 1. The molecule has 0 unspecified atom stereocenters. The second-order valence-electron chi connectivity index (χ2n) is 4.95. The molecule has 6 heteroatoms. The van der Waals surface area contributed by atoms with Crippen LogP contribution >= 0.6 is 23.2 Å². The van der Waals surface area contributed by atoms with Crippen molar-refractivity contribution in [2.75, 3.05) is 23.3 Å². The summed E-state index contributed by atoms with van der Waals surface area (Å²) >= 11 is 12.1. The zero-order valence-corrected chi connectivity index (χ0v) is 14.2. The summed E-state index contributed by atoms with van der Waals surface area (Å²) in [6.45, 7) is 3.20. The number of para-hydroxylation sites is 1. The van der Waals surface area contributed by atoms with Gasteiger partial charge in [0.15, 0.2) is 0 Å². The van der Waals surface area contributed by atoms with Crippen LogP contribution in [0.3, 0.4) is 0 Å². The number of anilines is 2. The molecule has 0 saturated heterocycles. The van der Waals surface area contributed by atoms with Gasteiger partial charge in [-0.25, -0.2) is 4.39 Å². The SMILES string of the molecule is CCN(CCC(=O)Nc1c(Cl)cccc1Cl)c1ccc(F)cc1. The zero-order valence-electron chi connectivity index (χ0n) is 12.7. The summed E-state index contributed by atoms with van der Waals surface area (Å²) in [4.78, 5) is 14.1. The highest BCUT2D eigenvalue weighted by atomic mass is 35.5. The molecule has 0 spiro atoms. The van der Waals surface area contributed by atoms with Crippen LogP contribution in [0.2, 0.25) is 10.0 Å². The molecule has 0 heterocycles. The van der Waals surface area contributed by atoms with Gasteiger partial charge in [-0.05, 0) is 43.3 Å². The number of rotatable bonds is 6. The van der Waals surface area contributed by atoms with Gasteiger partial charge >= 0.3 is 0 Å². The van der Waals surface area contributed by atoms with E-state index in [0.29, 0.717) is 28.8 Å². The summed E-state index contributed by atoms with van der Waals surface area (Å²) in [5.41, 5.74) is 1.29. The first-order chi connectivity index (χ1) is 11.0. The van der Waals surface area contributed by atoms with Crippen LogP contribution in [0.1, 0.15) is 13.3 Å². The summed E-state index contributed by atoms with van der Waals surface area (Å²) in [6.07, 6.45) is 0.271. The summed E-state index contributed by atoms with van der Waals surface area (Å²) in [5.74, 6) is -0.462. The molecule has 122 valence electrons. The van der Waals surface area contributed by atoms with Crippen LogP contribution in [0.25, 0.3) is 0 Å². The van der Waals surface area contributed by atoms with E-state index in [-0.39, 0.29) is 18.1 Å². The van der Waals surface area contributed by atoms with Gasteiger partial charge in [-0.2, -0.15) is 0 Å². The van der Waals surface area contributed by atoms with Gasteiger partial charge < -0.3 is 10.2 Å². The number of nitrogens with one attached hydrogen (secondary N) is 1. The fourth-order valence-corrected chi connectivity index (χ4v) is 2.67. The lowest BCUT2D eigenvalue weighted by Gasteiger charge is -2.23. The quantitative estimate of drug-likeness (QED) is 0.792. The molecular weight excluding hydrogens is 338 g/mol. The minimum Gasteiger partial charge on any atom is -0.371 e. The topological polar surface area (TPSA) is 32.3 Å². The highest BCUT2D eigenvalue weighted by Crippen LogP contribution is 2.29. The lowest BCUT2D eigenvalue weighted by molar-refractivity contribution is -0.116. The van der Waals surface area contributed by atoms with E-state index in [2.05, 4.69) is 5.32 Å². The molecule has 3 nitrogen and oxygen atoms in total. The second-order valence-corrected chi connectivity index (χ2v) is 5.77. The van der Waals surface area contributed by atoms with Gasteiger partial charge in [0.2, 0.25) is 5.91 Å². The van der Waals surface area contributed by atoms with E-state index in [1.807, 2.05) is 11.8 Å². The molecule has 23 heavy (non-hydrogen) atoms. The minimum absolute atomic E-state index is 0.180. The normalized spacial score (nSPS) is 10.4. The minimum atomic E-state index is -0.282. The largest absolute Gasteiger partial charge is 0.371 e. The van der Waals surface area contributed by atoms with E-state index in [9.17, 15) is 9.18 Å². The Morgan fingerprint density at radius 1 is 1.13 bits per heavy atom. The van der Waals surface area contributed by atoms with Crippen LogP contribution in [0.15, 0.2) is 42.5 Å². The van der Waals surface area contributed by atoms with Gasteiger partial charge in [0, 0.05) is 25.2 Å². The molecule has 1 N–H and O–H groups in total. The van der Waals surface area contributed by atoms with Crippen LogP contribution in [-0.4, -0.2) is 19.0 Å². The molecular formula is C17H17Cl2FN2O. The first kappa shape index (κ1) is 17.6. The van der Waals surface area contributed by atoms with E-state index in [4.69, 9.17) is 23.2 Å². The molecule has 0 aliphatic carbocycles. The molecule has 0 radical (unpaired) electrons. The maximum absolute atomic E-state index is 13.0. The first-order valence-electron chi connectivity index (χ1n) is 7.25. The van der Waals surface area contributed by atoms with Crippen LogP contribution in [0.4, 0.5) is 15.8 Å². The number of hydrogen-bond donors (Lipinski definition) is 1. The number of amides is 1. The monoisotopic (exact) mass is 354 g/mol. The molecule has 0 aliphatic rings. The van der Waals surface area contributed by atoms with Gasteiger partial charge in [-0.3, -0.25) is 4.79 Å². The molecule has 0 saturated carbocycles. The third-order valence-electron chi connectivity index (χ3n) is 3.41. The number of carbonyl (C=O) groups excluding carboxylic acids is 1. The zero-order chi connectivity index (χ0) is 16.8. The lowest BCUT2D eigenvalue weighted by Crippen LogP contribution is -2.27.